The predicted molar refractivity (Wildman–Crippen MR) is 62.7 cm³/mol. The van der Waals surface area contributed by atoms with E-state index in [2.05, 4.69) is 15.9 Å². The third-order valence-electron chi connectivity index (χ3n) is 1.82. The van der Waals surface area contributed by atoms with Crippen LogP contribution in [0.1, 0.15) is 25.8 Å². The van der Waals surface area contributed by atoms with Crippen molar-refractivity contribution < 1.29 is 4.39 Å². The molecule has 0 aliphatic carbocycles. The molecule has 2 heteroatoms. The zero-order chi connectivity index (χ0) is 10.6. The predicted octanol–water partition coefficient (Wildman–Crippen LogP) is 4.81. The van der Waals surface area contributed by atoms with Gasteiger partial charge in [0, 0.05) is 10.9 Å². The molecule has 0 aliphatic heterocycles. The number of hydrogen-bond donors (Lipinski definition) is 0. The first-order chi connectivity index (χ1) is 6.59. The molecule has 0 aliphatic rings. The SMILES string of the molecule is CC(C)C/C(F)=C\c1ccccc1Br. The van der Waals surface area contributed by atoms with Crippen molar-refractivity contribution in [2.24, 2.45) is 5.92 Å². The van der Waals surface area contributed by atoms with Crippen molar-refractivity contribution in [1.82, 2.24) is 0 Å². The van der Waals surface area contributed by atoms with Crippen molar-refractivity contribution in [1.29, 1.82) is 0 Å². The van der Waals surface area contributed by atoms with Gasteiger partial charge in [-0.05, 0) is 23.6 Å². The molecule has 0 radical (unpaired) electrons. The Balaban J connectivity index is 2.81. The van der Waals surface area contributed by atoms with Crippen LogP contribution in [0.2, 0.25) is 0 Å². The molecule has 0 unspecified atom stereocenters. The molecule has 0 bridgehead atoms. The van der Waals surface area contributed by atoms with Gasteiger partial charge in [-0.25, -0.2) is 4.39 Å². The highest BCUT2D eigenvalue weighted by Gasteiger charge is 2.01. The van der Waals surface area contributed by atoms with Crippen molar-refractivity contribution in [2.75, 3.05) is 0 Å². The minimum Gasteiger partial charge on any atom is -0.212 e. The van der Waals surface area contributed by atoms with Crippen molar-refractivity contribution in [3.05, 3.63) is 40.1 Å². The molecule has 0 heterocycles. The monoisotopic (exact) mass is 256 g/mol. The van der Waals surface area contributed by atoms with Crippen LogP contribution in [0.3, 0.4) is 0 Å². The van der Waals surface area contributed by atoms with Gasteiger partial charge in [0.15, 0.2) is 0 Å². The fourth-order valence-electron chi connectivity index (χ4n) is 1.21. The van der Waals surface area contributed by atoms with E-state index in [4.69, 9.17) is 0 Å². The lowest BCUT2D eigenvalue weighted by Crippen LogP contribution is -1.87. The summed E-state index contributed by atoms with van der Waals surface area (Å²) >= 11 is 3.38. The Labute approximate surface area is 93.0 Å². The van der Waals surface area contributed by atoms with Gasteiger partial charge < -0.3 is 0 Å². The molecule has 0 amide bonds. The highest BCUT2D eigenvalue weighted by Crippen LogP contribution is 2.21. The second-order valence-electron chi connectivity index (χ2n) is 3.71. The Morgan fingerprint density at radius 1 is 1.43 bits per heavy atom. The largest absolute Gasteiger partial charge is 0.212 e. The van der Waals surface area contributed by atoms with Crippen LogP contribution in [0.5, 0.6) is 0 Å². The average Bonchev–Trinajstić information content (AvgIpc) is 2.07. The zero-order valence-electron chi connectivity index (χ0n) is 8.43. The van der Waals surface area contributed by atoms with Gasteiger partial charge in [-0.15, -0.1) is 0 Å². The number of halogens is 2. The maximum absolute atomic E-state index is 13.4. The maximum Gasteiger partial charge on any atom is 0.101 e. The van der Waals surface area contributed by atoms with Crippen LogP contribution in [0.4, 0.5) is 4.39 Å². The smallest absolute Gasteiger partial charge is 0.101 e. The zero-order valence-corrected chi connectivity index (χ0v) is 10.0. The Hall–Kier alpha value is -0.630. The van der Waals surface area contributed by atoms with E-state index in [1.54, 1.807) is 6.08 Å². The molecular formula is C12H14BrF. The first-order valence-electron chi connectivity index (χ1n) is 4.70. The van der Waals surface area contributed by atoms with E-state index in [-0.39, 0.29) is 5.83 Å². The van der Waals surface area contributed by atoms with Gasteiger partial charge in [-0.2, -0.15) is 0 Å². The Morgan fingerprint density at radius 3 is 2.64 bits per heavy atom. The third kappa shape index (κ3) is 3.62. The third-order valence-corrected chi connectivity index (χ3v) is 2.54. The summed E-state index contributed by atoms with van der Waals surface area (Å²) < 4.78 is 14.3. The Bertz CT molecular complexity index is 329. The highest BCUT2D eigenvalue weighted by atomic mass is 79.9. The maximum atomic E-state index is 13.4. The molecular weight excluding hydrogens is 243 g/mol. The summed E-state index contributed by atoms with van der Waals surface area (Å²) in [5, 5.41) is 0. The Kier molecular flexibility index (Phi) is 4.33. The van der Waals surface area contributed by atoms with Gasteiger partial charge in [-0.1, -0.05) is 48.0 Å². The van der Waals surface area contributed by atoms with Gasteiger partial charge in [0.2, 0.25) is 0 Å². The number of hydrogen-bond acceptors (Lipinski definition) is 0. The second kappa shape index (κ2) is 5.30. The van der Waals surface area contributed by atoms with Crippen molar-refractivity contribution >= 4 is 22.0 Å². The molecule has 1 aromatic carbocycles. The Morgan fingerprint density at radius 2 is 2.07 bits per heavy atom. The summed E-state index contributed by atoms with van der Waals surface area (Å²) in [7, 11) is 0. The first kappa shape index (κ1) is 11.4. The van der Waals surface area contributed by atoms with E-state index >= 15 is 0 Å². The normalized spacial score (nSPS) is 12.2. The quantitative estimate of drug-likeness (QED) is 0.729. The van der Waals surface area contributed by atoms with E-state index in [9.17, 15) is 4.39 Å². The molecule has 0 atom stereocenters. The van der Waals surface area contributed by atoms with Crippen LogP contribution in [0.25, 0.3) is 6.08 Å². The van der Waals surface area contributed by atoms with Crippen LogP contribution >= 0.6 is 15.9 Å². The summed E-state index contributed by atoms with van der Waals surface area (Å²) in [6, 6.07) is 7.62. The summed E-state index contributed by atoms with van der Waals surface area (Å²) in [4.78, 5) is 0. The lowest BCUT2D eigenvalue weighted by molar-refractivity contribution is 0.522. The van der Waals surface area contributed by atoms with Crippen LogP contribution in [-0.4, -0.2) is 0 Å². The minimum atomic E-state index is -0.0631. The summed E-state index contributed by atoms with van der Waals surface area (Å²) in [5.74, 6) is 0.292. The second-order valence-corrected chi connectivity index (χ2v) is 4.57. The molecule has 1 aromatic rings. The molecule has 0 fully saturated rings. The average molecular weight is 257 g/mol. The van der Waals surface area contributed by atoms with Crippen molar-refractivity contribution in [3.8, 4) is 0 Å². The molecule has 0 N–H and O–H groups in total. The van der Waals surface area contributed by atoms with Crippen LogP contribution in [0.15, 0.2) is 34.6 Å². The van der Waals surface area contributed by atoms with Crippen LogP contribution in [0, 0.1) is 5.92 Å². The summed E-state index contributed by atoms with van der Waals surface area (Å²) in [5.41, 5.74) is 0.894. The van der Waals surface area contributed by atoms with Gasteiger partial charge in [0.1, 0.15) is 5.83 Å². The fourth-order valence-corrected chi connectivity index (χ4v) is 1.61. The molecule has 1 rings (SSSR count). The van der Waals surface area contributed by atoms with Crippen molar-refractivity contribution in [3.63, 3.8) is 0 Å². The topological polar surface area (TPSA) is 0 Å². The summed E-state index contributed by atoms with van der Waals surface area (Å²) in [6.45, 7) is 4.01. The van der Waals surface area contributed by atoms with Gasteiger partial charge >= 0.3 is 0 Å². The molecule has 0 spiro atoms. The van der Waals surface area contributed by atoms with E-state index in [0.29, 0.717) is 12.3 Å². The number of benzene rings is 1. The molecule has 0 aromatic heterocycles. The van der Waals surface area contributed by atoms with Crippen LogP contribution in [-0.2, 0) is 0 Å². The number of rotatable bonds is 3. The lowest BCUT2D eigenvalue weighted by Gasteiger charge is -2.02. The number of allylic oxidation sites excluding steroid dienone is 1. The first-order valence-corrected chi connectivity index (χ1v) is 5.49. The molecule has 0 saturated heterocycles. The molecule has 76 valence electrons. The van der Waals surface area contributed by atoms with Gasteiger partial charge in [0.25, 0.3) is 0 Å². The lowest BCUT2D eigenvalue weighted by atomic mass is 10.1. The van der Waals surface area contributed by atoms with Crippen molar-refractivity contribution in [2.45, 2.75) is 20.3 Å². The van der Waals surface area contributed by atoms with E-state index in [0.717, 1.165) is 10.0 Å². The molecule has 0 saturated carbocycles. The van der Waals surface area contributed by atoms with E-state index < -0.39 is 0 Å². The standard InChI is InChI=1S/C12H14BrF/c1-9(2)7-11(14)8-10-5-3-4-6-12(10)13/h3-6,8-9H,7H2,1-2H3/b11-8+. The summed E-state index contributed by atoms with van der Waals surface area (Å²) in [6.07, 6.45) is 2.09. The minimum absolute atomic E-state index is 0.0631. The van der Waals surface area contributed by atoms with Gasteiger partial charge in [0.05, 0.1) is 0 Å². The fraction of sp³-hybridized carbons (Fsp3) is 0.333. The van der Waals surface area contributed by atoms with E-state index in [1.807, 2.05) is 38.1 Å². The molecule has 14 heavy (non-hydrogen) atoms. The molecule has 0 nitrogen and oxygen atoms in total. The van der Waals surface area contributed by atoms with Gasteiger partial charge in [-0.3, -0.25) is 0 Å². The highest BCUT2D eigenvalue weighted by molar-refractivity contribution is 9.10. The van der Waals surface area contributed by atoms with E-state index in [1.165, 1.54) is 0 Å². The van der Waals surface area contributed by atoms with Crippen LogP contribution < -0.4 is 0 Å².